The Morgan fingerprint density at radius 1 is 1.09 bits per heavy atom. The topological polar surface area (TPSA) is 47.6 Å². The van der Waals surface area contributed by atoms with Gasteiger partial charge in [-0.1, -0.05) is 30.3 Å². The largest absolute Gasteiger partial charge is 0.495 e. The Balaban J connectivity index is 1.96. The lowest BCUT2D eigenvalue weighted by molar-refractivity contribution is -0.137. The molecule has 3 rings (SSSR count). The minimum absolute atomic E-state index is 0.241. The smallest absolute Gasteiger partial charge is 0.330 e. The first-order chi connectivity index (χ1) is 15.9. The number of carbonyl (C=O) groups is 1. The summed E-state index contributed by atoms with van der Waals surface area (Å²) in [5, 5.41) is 3.02. The van der Waals surface area contributed by atoms with E-state index in [0.717, 1.165) is 5.56 Å². The number of hydrogen-bond donors (Lipinski definition) is 1. The van der Waals surface area contributed by atoms with Crippen LogP contribution < -0.4 is 10.1 Å². The Kier molecular flexibility index (Phi) is 8.91. The Labute approximate surface area is 204 Å². The second kappa shape index (κ2) is 11.9. The normalized spacial score (nSPS) is 10.9. The molecular formula is C25H22BrF2NO3S. The third-order valence-electron chi connectivity index (χ3n) is 4.54. The van der Waals surface area contributed by atoms with Gasteiger partial charge < -0.3 is 14.8 Å². The summed E-state index contributed by atoms with van der Waals surface area (Å²) < 4.78 is 39.6. The zero-order valence-electron chi connectivity index (χ0n) is 18.0. The van der Waals surface area contributed by atoms with E-state index in [9.17, 15) is 13.6 Å². The molecule has 0 spiro atoms. The molecule has 0 amide bonds. The van der Waals surface area contributed by atoms with Crippen molar-refractivity contribution in [3.63, 3.8) is 0 Å². The molecule has 4 nitrogen and oxygen atoms in total. The first-order valence-electron chi connectivity index (χ1n) is 10.1. The average Bonchev–Trinajstić information content (AvgIpc) is 2.81. The van der Waals surface area contributed by atoms with Crippen molar-refractivity contribution in [1.29, 1.82) is 0 Å². The molecule has 0 aliphatic carbocycles. The van der Waals surface area contributed by atoms with Gasteiger partial charge in [-0.2, -0.15) is 0 Å². The summed E-state index contributed by atoms with van der Waals surface area (Å²) in [5.41, 5.74) is 2.25. The van der Waals surface area contributed by atoms with Gasteiger partial charge in [-0.05, 0) is 58.3 Å². The van der Waals surface area contributed by atoms with Crippen molar-refractivity contribution in [3.8, 4) is 5.75 Å². The average molecular weight is 534 g/mol. The lowest BCUT2D eigenvalue weighted by atomic mass is 10.1. The lowest BCUT2D eigenvalue weighted by Crippen LogP contribution is -2.01. The maximum absolute atomic E-state index is 15.0. The van der Waals surface area contributed by atoms with E-state index in [-0.39, 0.29) is 11.1 Å². The van der Waals surface area contributed by atoms with Crippen LogP contribution in [0.4, 0.5) is 20.2 Å². The number of carbonyl (C=O) groups excluding carboxylic acids is 1. The molecule has 33 heavy (non-hydrogen) atoms. The van der Waals surface area contributed by atoms with Crippen molar-refractivity contribution in [3.05, 3.63) is 87.9 Å². The molecule has 0 fully saturated rings. The predicted octanol–water partition coefficient (Wildman–Crippen LogP) is 7.35. The third-order valence-corrected chi connectivity index (χ3v) is 6.25. The summed E-state index contributed by atoms with van der Waals surface area (Å²) in [6, 6.07) is 15.4. The van der Waals surface area contributed by atoms with Crippen molar-refractivity contribution in [1.82, 2.24) is 0 Å². The number of methoxy groups -OCH3 is 1. The highest BCUT2D eigenvalue weighted by molar-refractivity contribution is 9.10. The van der Waals surface area contributed by atoms with Gasteiger partial charge in [0.25, 0.3) is 0 Å². The summed E-state index contributed by atoms with van der Waals surface area (Å²) in [6.07, 6.45) is 2.81. The number of halogens is 3. The quantitative estimate of drug-likeness (QED) is 0.177. The van der Waals surface area contributed by atoms with Crippen molar-refractivity contribution < 1.29 is 23.0 Å². The number of nitrogens with one attached hydrogen (secondary N) is 1. The standard InChI is InChI=1S/C25H22BrF2NO3S/c1-3-32-25(30)10-9-17-11-24(33-15-16-7-5-4-6-8-16)20(28)14-21(17)29-22-13-19(27)18(26)12-23(22)31-2/h4-14,29H,3,15H2,1-2H3/b10-9+. The second-order valence-corrected chi connectivity index (χ2v) is 8.69. The molecular weight excluding hydrogens is 512 g/mol. The lowest BCUT2D eigenvalue weighted by Gasteiger charge is -2.16. The van der Waals surface area contributed by atoms with Gasteiger partial charge in [-0.15, -0.1) is 11.8 Å². The van der Waals surface area contributed by atoms with E-state index >= 15 is 0 Å². The number of esters is 1. The van der Waals surface area contributed by atoms with Crippen LogP contribution in [0.25, 0.3) is 6.08 Å². The van der Waals surface area contributed by atoms with Crippen LogP contribution in [0.3, 0.4) is 0 Å². The third kappa shape index (κ3) is 6.82. The number of hydrogen-bond acceptors (Lipinski definition) is 5. The van der Waals surface area contributed by atoms with E-state index < -0.39 is 17.6 Å². The molecule has 0 heterocycles. The molecule has 172 valence electrons. The molecule has 0 bridgehead atoms. The van der Waals surface area contributed by atoms with E-state index in [2.05, 4.69) is 21.2 Å². The Morgan fingerprint density at radius 2 is 1.82 bits per heavy atom. The minimum atomic E-state index is -0.515. The van der Waals surface area contributed by atoms with Crippen LogP contribution in [0.15, 0.2) is 70.0 Å². The Bertz CT molecular complexity index is 1160. The minimum Gasteiger partial charge on any atom is -0.495 e. The predicted molar refractivity (Wildman–Crippen MR) is 132 cm³/mol. The van der Waals surface area contributed by atoms with Crippen LogP contribution in [0, 0.1) is 11.6 Å². The second-order valence-electron chi connectivity index (χ2n) is 6.82. The van der Waals surface area contributed by atoms with E-state index in [1.807, 2.05) is 30.3 Å². The van der Waals surface area contributed by atoms with Crippen LogP contribution in [0.1, 0.15) is 18.1 Å². The molecule has 3 aromatic rings. The molecule has 0 atom stereocenters. The van der Waals surface area contributed by atoms with Gasteiger partial charge in [-0.25, -0.2) is 13.6 Å². The summed E-state index contributed by atoms with van der Waals surface area (Å²) in [7, 11) is 1.45. The van der Waals surface area contributed by atoms with Crippen LogP contribution in [0.5, 0.6) is 5.75 Å². The summed E-state index contributed by atoms with van der Waals surface area (Å²) in [4.78, 5) is 12.3. The van der Waals surface area contributed by atoms with Crippen LogP contribution in [-0.2, 0) is 15.3 Å². The molecule has 0 aromatic heterocycles. The maximum Gasteiger partial charge on any atom is 0.330 e. The fourth-order valence-electron chi connectivity index (χ4n) is 2.95. The van der Waals surface area contributed by atoms with Gasteiger partial charge in [0.05, 0.1) is 23.9 Å². The van der Waals surface area contributed by atoms with E-state index in [1.54, 1.807) is 13.0 Å². The number of rotatable bonds is 9. The van der Waals surface area contributed by atoms with Crippen molar-refractivity contribution >= 4 is 51.1 Å². The zero-order valence-corrected chi connectivity index (χ0v) is 20.4. The van der Waals surface area contributed by atoms with Crippen molar-refractivity contribution in [2.45, 2.75) is 17.6 Å². The van der Waals surface area contributed by atoms with Crippen LogP contribution in [-0.4, -0.2) is 19.7 Å². The van der Waals surface area contributed by atoms with Gasteiger partial charge in [0.15, 0.2) is 0 Å². The van der Waals surface area contributed by atoms with Gasteiger partial charge in [0, 0.05) is 28.5 Å². The van der Waals surface area contributed by atoms with Gasteiger partial charge in [-0.3, -0.25) is 0 Å². The SMILES string of the molecule is CCOC(=O)/C=C/c1cc(SCc2ccccc2)c(F)cc1Nc1cc(F)c(Br)cc1OC. The van der Waals surface area contributed by atoms with Gasteiger partial charge in [0.2, 0.25) is 0 Å². The van der Waals surface area contributed by atoms with E-state index in [4.69, 9.17) is 9.47 Å². The summed E-state index contributed by atoms with van der Waals surface area (Å²) in [5.74, 6) is -0.511. The molecule has 0 radical (unpaired) electrons. The fraction of sp³-hybridized carbons (Fsp3) is 0.160. The van der Waals surface area contributed by atoms with Gasteiger partial charge in [0.1, 0.15) is 17.4 Å². The number of ether oxygens (including phenoxy) is 2. The maximum atomic E-state index is 15.0. The number of anilines is 2. The molecule has 3 aromatic carbocycles. The first kappa shape index (κ1) is 24.8. The molecule has 0 unspecified atom stereocenters. The number of benzene rings is 3. The van der Waals surface area contributed by atoms with E-state index in [0.29, 0.717) is 33.3 Å². The molecule has 0 saturated heterocycles. The Morgan fingerprint density at radius 3 is 2.52 bits per heavy atom. The van der Waals surface area contributed by atoms with Crippen LogP contribution >= 0.6 is 27.7 Å². The fourth-order valence-corrected chi connectivity index (χ4v) is 4.19. The van der Waals surface area contributed by atoms with Crippen LogP contribution in [0.2, 0.25) is 0 Å². The van der Waals surface area contributed by atoms with Crippen molar-refractivity contribution in [2.24, 2.45) is 0 Å². The highest BCUT2D eigenvalue weighted by Crippen LogP contribution is 2.36. The summed E-state index contributed by atoms with van der Waals surface area (Å²) >= 11 is 4.47. The molecule has 0 saturated carbocycles. The first-order valence-corrected chi connectivity index (χ1v) is 11.8. The monoisotopic (exact) mass is 533 g/mol. The molecule has 0 aliphatic heterocycles. The van der Waals surface area contributed by atoms with Crippen molar-refractivity contribution in [2.75, 3.05) is 19.0 Å². The molecule has 8 heteroatoms. The Hall–Kier alpha value is -2.84. The molecule has 1 N–H and O–H groups in total. The zero-order chi connectivity index (χ0) is 23.8. The summed E-state index contributed by atoms with van der Waals surface area (Å²) in [6.45, 7) is 1.95. The highest BCUT2D eigenvalue weighted by atomic mass is 79.9. The highest BCUT2D eigenvalue weighted by Gasteiger charge is 2.14. The number of thioether (sulfide) groups is 1. The molecule has 0 aliphatic rings. The van der Waals surface area contributed by atoms with E-state index in [1.165, 1.54) is 49.2 Å². The van der Waals surface area contributed by atoms with Gasteiger partial charge >= 0.3 is 5.97 Å².